The predicted octanol–water partition coefficient (Wildman–Crippen LogP) is 1.07. The van der Waals surface area contributed by atoms with E-state index in [1.807, 2.05) is 0 Å². The van der Waals surface area contributed by atoms with Crippen molar-refractivity contribution >= 4 is 27.5 Å². The number of thiophene rings is 1. The number of nitrogens with one attached hydrogen (secondary N) is 2. The fourth-order valence-corrected chi connectivity index (χ4v) is 3.08. The Labute approximate surface area is 137 Å². The number of carbonyl (C=O) groups excluding carboxylic acids is 1. The quantitative estimate of drug-likeness (QED) is 0.669. The Morgan fingerprint density at radius 2 is 2.17 bits per heavy atom. The molecule has 0 radical (unpaired) electrons. The van der Waals surface area contributed by atoms with Crippen molar-refractivity contribution in [3.63, 3.8) is 0 Å². The van der Waals surface area contributed by atoms with Gasteiger partial charge in [-0.2, -0.15) is 0 Å². The molecule has 0 bridgehead atoms. The summed E-state index contributed by atoms with van der Waals surface area (Å²) in [6.45, 7) is 1.39. The number of carbonyl (C=O) groups is 1. The number of hydrogen-bond donors (Lipinski definition) is 2. The first-order valence-electron chi connectivity index (χ1n) is 7.59. The maximum Gasteiger partial charge on any atom is 0.328 e. The molecule has 8 heteroatoms. The fraction of sp³-hybridized carbons (Fsp3) is 0.533. The lowest BCUT2D eigenvalue weighted by Gasteiger charge is -2.06. The van der Waals surface area contributed by atoms with Gasteiger partial charge in [0.15, 0.2) is 0 Å². The molecule has 0 unspecified atom stereocenters. The molecule has 0 spiro atoms. The van der Waals surface area contributed by atoms with Gasteiger partial charge in [-0.05, 0) is 24.3 Å². The van der Waals surface area contributed by atoms with E-state index in [1.165, 1.54) is 15.9 Å². The second kappa shape index (κ2) is 8.64. The summed E-state index contributed by atoms with van der Waals surface area (Å²) in [4.78, 5) is 38.3. The molecule has 23 heavy (non-hydrogen) atoms. The van der Waals surface area contributed by atoms with Crippen LogP contribution in [0.2, 0.25) is 0 Å². The number of nitrogens with zero attached hydrogens (tertiary/aromatic N) is 1. The number of unbranched alkanes of at least 4 members (excludes halogenated alkanes) is 2. The number of H-pyrrole nitrogens is 1. The normalized spacial score (nSPS) is 11.0. The minimum atomic E-state index is -0.377. The summed E-state index contributed by atoms with van der Waals surface area (Å²) < 4.78 is 6.66. The fourth-order valence-electron chi connectivity index (χ4n) is 2.29. The molecule has 0 saturated carbocycles. The van der Waals surface area contributed by atoms with Crippen molar-refractivity contribution < 1.29 is 9.53 Å². The monoisotopic (exact) mass is 339 g/mol. The first kappa shape index (κ1) is 17.4. The molecule has 2 aromatic rings. The van der Waals surface area contributed by atoms with Gasteiger partial charge in [-0.1, -0.05) is 6.42 Å². The number of methoxy groups -OCH3 is 1. The van der Waals surface area contributed by atoms with E-state index in [2.05, 4.69) is 10.3 Å². The van der Waals surface area contributed by atoms with Crippen LogP contribution in [0.5, 0.6) is 0 Å². The summed E-state index contributed by atoms with van der Waals surface area (Å²) in [5.41, 5.74) is -0.0248. The van der Waals surface area contributed by atoms with E-state index in [0.717, 1.165) is 12.8 Å². The van der Waals surface area contributed by atoms with Gasteiger partial charge in [-0.3, -0.25) is 14.2 Å². The van der Waals surface area contributed by atoms with Crippen molar-refractivity contribution in [3.8, 4) is 0 Å². The Hall–Kier alpha value is -1.93. The van der Waals surface area contributed by atoms with Crippen LogP contribution < -0.4 is 16.6 Å². The molecule has 2 aromatic heterocycles. The van der Waals surface area contributed by atoms with Crippen LogP contribution in [0.3, 0.4) is 0 Å². The highest BCUT2D eigenvalue weighted by atomic mass is 32.1. The van der Waals surface area contributed by atoms with Crippen LogP contribution in [0.1, 0.15) is 25.7 Å². The highest BCUT2D eigenvalue weighted by Gasteiger charge is 2.08. The lowest BCUT2D eigenvalue weighted by Crippen LogP contribution is -2.34. The molecule has 2 heterocycles. The zero-order chi connectivity index (χ0) is 16.7. The van der Waals surface area contributed by atoms with Gasteiger partial charge in [0.1, 0.15) is 4.70 Å². The first-order chi connectivity index (χ1) is 11.1. The molecule has 0 saturated heterocycles. The molecule has 2 N–H and O–H groups in total. The molecule has 0 atom stereocenters. The van der Waals surface area contributed by atoms with Gasteiger partial charge >= 0.3 is 5.69 Å². The minimum absolute atomic E-state index is 0.00271. The van der Waals surface area contributed by atoms with E-state index in [1.54, 1.807) is 18.6 Å². The average Bonchev–Trinajstić information content (AvgIpc) is 2.98. The number of aromatic nitrogens is 2. The molecule has 0 aliphatic rings. The smallest absolute Gasteiger partial charge is 0.328 e. The maximum absolute atomic E-state index is 12.2. The lowest BCUT2D eigenvalue weighted by molar-refractivity contribution is -0.121. The Bertz CT molecular complexity index is 762. The van der Waals surface area contributed by atoms with Crippen molar-refractivity contribution in [3.05, 3.63) is 32.3 Å². The Morgan fingerprint density at radius 1 is 1.35 bits per heavy atom. The van der Waals surface area contributed by atoms with Crippen molar-refractivity contribution in [2.45, 2.75) is 32.2 Å². The van der Waals surface area contributed by atoms with E-state index in [9.17, 15) is 14.4 Å². The zero-order valence-electron chi connectivity index (χ0n) is 13.1. The first-order valence-corrected chi connectivity index (χ1v) is 8.47. The summed E-state index contributed by atoms with van der Waals surface area (Å²) >= 11 is 1.33. The van der Waals surface area contributed by atoms with Crippen molar-refractivity contribution in [2.24, 2.45) is 0 Å². The summed E-state index contributed by atoms with van der Waals surface area (Å²) in [6, 6.07) is 1.73. The van der Waals surface area contributed by atoms with E-state index in [4.69, 9.17) is 4.74 Å². The maximum atomic E-state index is 12.2. The number of fused-ring (bicyclic) bond motifs is 1. The third-order valence-electron chi connectivity index (χ3n) is 3.51. The molecule has 2 rings (SSSR count). The second-order valence-corrected chi connectivity index (χ2v) is 6.12. The number of rotatable bonds is 9. The Morgan fingerprint density at radius 3 is 2.96 bits per heavy atom. The van der Waals surface area contributed by atoms with Crippen molar-refractivity contribution in [1.29, 1.82) is 0 Å². The molecule has 1 amide bonds. The van der Waals surface area contributed by atoms with E-state index < -0.39 is 0 Å². The van der Waals surface area contributed by atoms with Crippen LogP contribution in [0.15, 0.2) is 21.0 Å². The number of ether oxygens (including phenoxy) is 1. The topological polar surface area (TPSA) is 93.2 Å². The molecular weight excluding hydrogens is 318 g/mol. The average molecular weight is 339 g/mol. The molecule has 126 valence electrons. The summed E-state index contributed by atoms with van der Waals surface area (Å²) in [5, 5.41) is 4.54. The standard InChI is InChI=1S/C15H21N3O4S/c1-22-9-7-16-12(19)5-3-2-4-8-18-14(20)13-11(6-10-23-13)17-15(18)21/h6,10H,2-5,7-9H2,1H3,(H,16,19)(H,17,21). The molecule has 0 aromatic carbocycles. The third kappa shape index (κ3) is 4.77. The summed E-state index contributed by atoms with van der Waals surface area (Å²) in [6.07, 6.45) is 2.64. The van der Waals surface area contributed by atoms with E-state index in [0.29, 0.717) is 42.8 Å². The van der Waals surface area contributed by atoms with Gasteiger partial charge in [0, 0.05) is 26.6 Å². The Balaban J connectivity index is 1.78. The SMILES string of the molecule is COCCNC(=O)CCCCCn1c(=O)[nH]c2ccsc2c1=O. The molecule has 0 aliphatic heterocycles. The highest BCUT2D eigenvalue weighted by molar-refractivity contribution is 7.17. The summed E-state index contributed by atoms with van der Waals surface area (Å²) in [5.74, 6) is -0.00271. The van der Waals surface area contributed by atoms with Gasteiger partial charge in [-0.15, -0.1) is 11.3 Å². The van der Waals surface area contributed by atoms with Crippen LogP contribution >= 0.6 is 11.3 Å². The summed E-state index contributed by atoms with van der Waals surface area (Å²) in [7, 11) is 1.59. The Kier molecular flexibility index (Phi) is 6.54. The predicted molar refractivity (Wildman–Crippen MR) is 90.1 cm³/mol. The van der Waals surface area contributed by atoms with Gasteiger partial charge < -0.3 is 15.0 Å². The van der Waals surface area contributed by atoms with Crippen LogP contribution in [0, 0.1) is 0 Å². The van der Waals surface area contributed by atoms with Gasteiger partial charge in [0.25, 0.3) is 5.56 Å². The van der Waals surface area contributed by atoms with Crippen molar-refractivity contribution in [2.75, 3.05) is 20.3 Å². The molecule has 0 fully saturated rings. The van der Waals surface area contributed by atoms with Crippen LogP contribution in [0.25, 0.3) is 10.2 Å². The molecule has 0 aliphatic carbocycles. The van der Waals surface area contributed by atoms with Crippen molar-refractivity contribution in [1.82, 2.24) is 14.9 Å². The molecular formula is C15H21N3O4S. The van der Waals surface area contributed by atoms with Gasteiger partial charge in [0.05, 0.1) is 12.1 Å². The van der Waals surface area contributed by atoms with Gasteiger partial charge in [0.2, 0.25) is 5.91 Å². The van der Waals surface area contributed by atoms with Crippen LogP contribution in [0.4, 0.5) is 0 Å². The number of hydrogen-bond acceptors (Lipinski definition) is 5. The van der Waals surface area contributed by atoms with Crippen LogP contribution in [-0.2, 0) is 16.1 Å². The minimum Gasteiger partial charge on any atom is -0.383 e. The molecule has 7 nitrogen and oxygen atoms in total. The van der Waals surface area contributed by atoms with E-state index in [-0.39, 0.29) is 17.2 Å². The highest BCUT2D eigenvalue weighted by Crippen LogP contribution is 2.12. The second-order valence-electron chi connectivity index (χ2n) is 5.20. The number of aromatic amines is 1. The van der Waals surface area contributed by atoms with Gasteiger partial charge in [-0.25, -0.2) is 4.79 Å². The largest absolute Gasteiger partial charge is 0.383 e. The zero-order valence-corrected chi connectivity index (χ0v) is 13.9. The van der Waals surface area contributed by atoms with E-state index >= 15 is 0 Å². The lowest BCUT2D eigenvalue weighted by atomic mass is 10.2. The number of amides is 1. The third-order valence-corrected chi connectivity index (χ3v) is 4.41. The van der Waals surface area contributed by atoms with Crippen LogP contribution in [-0.4, -0.2) is 35.7 Å².